The van der Waals surface area contributed by atoms with Crippen LogP contribution in [0.25, 0.3) is 27.8 Å². The number of hydrogen-bond acceptors (Lipinski definition) is 9. The van der Waals surface area contributed by atoms with Crippen LogP contribution in [0.3, 0.4) is 0 Å². The average Bonchev–Trinajstić information content (AvgIpc) is 3.71. The van der Waals surface area contributed by atoms with E-state index in [1.807, 2.05) is 54.6 Å². The number of benzene rings is 3. The Labute approximate surface area is 363 Å². The molecule has 2 amide bonds. The summed E-state index contributed by atoms with van der Waals surface area (Å²) >= 11 is 3.78. The Balaban J connectivity index is 0.886. The molecule has 3 aliphatic heterocycles. The molecule has 318 valence electrons. The molecule has 4 aliphatic rings. The highest BCUT2D eigenvalue weighted by atomic mass is 79.9. The zero-order valence-corrected chi connectivity index (χ0v) is 35.2. The summed E-state index contributed by atoms with van der Waals surface area (Å²) in [5.74, 6) is -0.835. The van der Waals surface area contributed by atoms with Gasteiger partial charge < -0.3 is 19.9 Å². The van der Waals surface area contributed by atoms with Crippen molar-refractivity contribution in [3.8, 4) is 16.8 Å². The number of halogens is 3. The number of amides is 2. The maximum Gasteiger partial charge on any atom is 0.410 e. The van der Waals surface area contributed by atoms with E-state index < -0.39 is 35.0 Å². The normalized spacial score (nSPS) is 20.1. The predicted molar refractivity (Wildman–Crippen MR) is 234 cm³/mol. The van der Waals surface area contributed by atoms with Gasteiger partial charge >= 0.3 is 11.8 Å². The van der Waals surface area contributed by atoms with Crippen molar-refractivity contribution in [1.29, 1.82) is 0 Å². The first-order chi connectivity index (χ1) is 30.1. The quantitative estimate of drug-likeness (QED) is 0.174. The number of nitrogens with one attached hydrogen (secondary N) is 1. The van der Waals surface area contributed by atoms with E-state index >= 15 is 0 Å². The number of amidine groups is 1. The van der Waals surface area contributed by atoms with Crippen molar-refractivity contribution < 1.29 is 23.1 Å². The average molecular weight is 906 g/mol. The van der Waals surface area contributed by atoms with E-state index in [0.29, 0.717) is 69.9 Å². The summed E-state index contributed by atoms with van der Waals surface area (Å²) in [7, 11) is 0. The fraction of sp³-hybridized carbons (Fsp3) is 0.304. The molecular weight excluding hydrogens is 862 g/mol. The number of fused-ring (bicyclic) bond motifs is 2. The van der Waals surface area contributed by atoms with E-state index in [4.69, 9.17) is 4.74 Å². The van der Waals surface area contributed by atoms with Gasteiger partial charge in [0.25, 0.3) is 5.56 Å². The molecule has 1 saturated carbocycles. The largest absolute Gasteiger partial charge is 0.445 e. The second-order valence-electron chi connectivity index (χ2n) is 16.0. The van der Waals surface area contributed by atoms with Crippen LogP contribution in [-0.2, 0) is 22.7 Å². The van der Waals surface area contributed by atoms with Gasteiger partial charge in [0.1, 0.15) is 30.1 Å². The molecule has 13 nitrogen and oxygen atoms in total. The van der Waals surface area contributed by atoms with E-state index in [0.717, 1.165) is 39.0 Å². The molecule has 1 unspecified atom stereocenters. The number of aliphatic imine (C=N–C) groups is 1. The Morgan fingerprint density at radius 2 is 1.66 bits per heavy atom. The molecule has 1 aliphatic carbocycles. The van der Waals surface area contributed by atoms with Crippen LogP contribution in [-0.4, -0.2) is 91.5 Å². The van der Waals surface area contributed by atoms with Crippen LogP contribution >= 0.6 is 15.9 Å². The molecule has 0 bridgehead atoms. The molecule has 62 heavy (non-hydrogen) atoms. The Hall–Kier alpha value is -6.26. The number of aromatic nitrogens is 3. The number of hydrogen-bond donors (Lipinski definition) is 1. The van der Waals surface area contributed by atoms with Crippen molar-refractivity contribution in [2.45, 2.75) is 57.0 Å². The summed E-state index contributed by atoms with van der Waals surface area (Å²) in [6.45, 7) is 3.73. The van der Waals surface area contributed by atoms with Crippen LogP contribution in [0.5, 0.6) is 0 Å². The smallest absolute Gasteiger partial charge is 0.410 e. The maximum absolute atomic E-state index is 14.7. The Morgan fingerprint density at radius 3 is 2.44 bits per heavy atom. The SMILES string of the molecule is O=C(N[C@H]1CC[C@@H](n2c(=O)c3cc(F)cnc3n(-c3cccc(-c4ccc(CN5CCN(C(=O)OCc6ccccc6)CC5)cc4Br)c3)c2=O)CC1)C1CN2C=C(F)C=CC2=N1. The Bertz CT molecular complexity index is 2760. The molecule has 5 heterocycles. The summed E-state index contributed by atoms with van der Waals surface area (Å²) in [6.07, 6.45) is 6.71. The van der Waals surface area contributed by atoms with Crippen LogP contribution in [0.1, 0.15) is 42.9 Å². The van der Waals surface area contributed by atoms with Crippen LogP contribution in [0.4, 0.5) is 13.6 Å². The summed E-state index contributed by atoms with van der Waals surface area (Å²) in [6, 6.07) is 22.8. The van der Waals surface area contributed by atoms with Gasteiger partial charge in [0.2, 0.25) is 5.91 Å². The highest BCUT2D eigenvalue weighted by Crippen LogP contribution is 2.32. The second kappa shape index (κ2) is 17.6. The topological polar surface area (TPSA) is 134 Å². The minimum Gasteiger partial charge on any atom is -0.445 e. The highest BCUT2D eigenvalue weighted by Gasteiger charge is 2.33. The molecule has 2 fully saturated rings. The molecule has 16 heteroatoms. The second-order valence-corrected chi connectivity index (χ2v) is 16.9. The van der Waals surface area contributed by atoms with Crippen LogP contribution < -0.4 is 16.6 Å². The minimum absolute atomic E-state index is 0.0165. The van der Waals surface area contributed by atoms with E-state index in [1.54, 1.807) is 21.9 Å². The number of carbonyl (C=O) groups excluding carboxylic acids is 2. The van der Waals surface area contributed by atoms with Gasteiger partial charge in [-0.3, -0.25) is 24.0 Å². The minimum atomic E-state index is -0.695. The van der Waals surface area contributed by atoms with Crippen molar-refractivity contribution in [3.63, 3.8) is 0 Å². The van der Waals surface area contributed by atoms with E-state index in [9.17, 15) is 28.0 Å². The maximum atomic E-state index is 14.7. The van der Waals surface area contributed by atoms with Gasteiger partial charge in [0, 0.05) is 55.5 Å². The molecule has 1 N–H and O–H groups in total. The first-order valence-electron chi connectivity index (χ1n) is 20.7. The van der Waals surface area contributed by atoms with Crippen molar-refractivity contribution in [3.05, 3.63) is 151 Å². The Kier molecular flexibility index (Phi) is 11.7. The number of pyridine rings is 1. The molecule has 9 rings (SSSR count). The number of piperazine rings is 1. The monoisotopic (exact) mass is 904 g/mol. The standard InChI is InChI=1S/C46H43BrF2N8O5/c47-39-21-30(25-53-17-19-54(20-18-53)46(61)62-28-29-5-2-1-3-6-29)9-15-37(39)31-7-4-8-36(22-31)56-42-38(23-33(49)24-50-42)44(59)57(45(56)60)35-13-11-34(12-14-35)51-43(58)40-27-55-26-32(48)10-16-41(55)52-40/h1-10,15-16,21-24,26,34-35,40H,11-14,17-20,25,27-28H2,(H,51,58)/t34-,35+,40?. The van der Waals surface area contributed by atoms with Crippen molar-refractivity contribution in [2.24, 2.45) is 4.99 Å². The van der Waals surface area contributed by atoms with Crippen molar-refractivity contribution in [1.82, 2.24) is 34.1 Å². The van der Waals surface area contributed by atoms with Gasteiger partial charge in [-0.2, -0.15) is 0 Å². The lowest BCUT2D eigenvalue weighted by Gasteiger charge is -2.34. The van der Waals surface area contributed by atoms with Crippen LogP contribution in [0.2, 0.25) is 0 Å². The first kappa shape index (κ1) is 41.1. The number of nitrogens with zero attached hydrogens (tertiary/aromatic N) is 7. The molecule has 1 saturated heterocycles. The van der Waals surface area contributed by atoms with Gasteiger partial charge in [-0.25, -0.2) is 27.9 Å². The van der Waals surface area contributed by atoms with Gasteiger partial charge in [0.15, 0.2) is 5.65 Å². The van der Waals surface area contributed by atoms with Gasteiger partial charge in [-0.15, -0.1) is 0 Å². The first-order valence-corrected chi connectivity index (χ1v) is 21.5. The van der Waals surface area contributed by atoms with E-state index in [2.05, 4.69) is 48.3 Å². The third-order valence-corrected chi connectivity index (χ3v) is 12.6. The number of ether oxygens (including phenoxy) is 1. The predicted octanol–water partition coefficient (Wildman–Crippen LogP) is 6.63. The third kappa shape index (κ3) is 8.61. The lowest BCUT2D eigenvalue weighted by atomic mass is 9.90. The van der Waals surface area contributed by atoms with E-state index in [-0.39, 0.29) is 42.2 Å². The third-order valence-electron chi connectivity index (χ3n) is 11.9. The van der Waals surface area contributed by atoms with Gasteiger partial charge in [-0.05, 0) is 84.4 Å². The van der Waals surface area contributed by atoms with Crippen molar-refractivity contribution >= 4 is 44.8 Å². The zero-order valence-electron chi connectivity index (χ0n) is 33.6. The molecule has 0 radical (unpaired) electrons. The number of allylic oxidation sites excluding steroid dienone is 2. The summed E-state index contributed by atoms with van der Waals surface area (Å²) < 4.78 is 37.3. The lowest BCUT2D eigenvalue weighted by molar-refractivity contribution is -0.123. The molecular formula is C46H43BrF2N8O5. The van der Waals surface area contributed by atoms with Gasteiger partial charge in [0.05, 0.1) is 23.8 Å². The van der Waals surface area contributed by atoms with E-state index in [1.165, 1.54) is 21.4 Å². The molecule has 5 aromatic rings. The Morgan fingerprint density at radius 1 is 0.871 bits per heavy atom. The zero-order chi connectivity index (χ0) is 42.9. The summed E-state index contributed by atoms with van der Waals surface area (Å²) in [4.78, 5) is 68.6. The number of carbonyl (C=O) groups is 2. The number of rotatable bonds is 9. The molecule has 3 aromatic carbocycles. The molecule has 0 spiro atoms. The fourth-order valence-electron chi connectivity index (χ4n) is 8.67. The lowest BCUT2D eigenvalue weighted by Crippen LogP contribution is -2.48. The summed E-state index contributed by atoms with van der Waals surface area (Å²) in [5.41, 5.74) is 3.02. The van der Waals surface area contributed by atoms with Gasteiger partial charge in [-0.1, -0.05) is 70.5 Å². The molecule has 2 aromatic heterocycles. The van der Waals surface area contributed by atoms with Crippen molar-refractivity contribution in [2.75, 3.05) is 32.7 Å². The summed E-state index contributed by atoms with van der Waals surface area (Å²) in [5, 5.41) is 3.04. The fourth-order valence-corrected chi connectivity index (χ4v) is 9.33. The molecule has 1 atom stereocenters. The van der Waals surface area contributed by atoms with Crippen LogP contribution in [0.15, 0.2) is 128 Å². The van der Waals surface area contributed by atoms with Crippen LogP contribution in [0, 0.1) is 5.82 Å². The highest BCUT2D eigenvalue weighted by molar-refractivity contribution is 9.10.